The number of carbonyl (C=O) groups excluding carboxylic acids is 2. The van der Waals surface area contributed by atoms with Crippen molar-refractivity contribution in [3.05, 3.63) is 34.9 Å². The third-order valence-electron chi connectivity index (χ3n) is 3.87. The Labute approximate surface area is 117 Å². The average Bonchev–Trinajstić information content (AvgIpc) is 2.44. The molecule has 0 aliphatic carbocycles. The molecule has 1 aromatic carbocycles. The lowest BCUT2D eigenvalue weighted by Crippen LogP contribution is -2.39. The van der Waals surface area contributed by atoms with E-state index in [4.69, 9.17) is 9.47 Å². The van der Waals surface area contributed by atoms with Gasteiger partial charge in [-0.3, -0.25) is 9.59 Å². The zero-order valence-electron chi connectivity index (χ0n) is 11.7. The number of hydrogen-bond acceptors (Lipinski definition) is 4. The van der Waals surface area contributed by atoms with Crippen LogP contribution in [-0.2, 0) is 14.3 Å². The summed E-state index contributed by atoms with van der Waals surface area (Å²) >= 11 is 0. The molecule has 20 heavy (non-hydrogen) atoms. The first-order valence-electron chi connectivity index (χ1n) is 6.81. The van der Waals surface area contributed by atoms with Crippen LogP contribution in [-0.4, -0.2) is 17.9 Å². The molecule has 2 aliphatic heterocycles. The van der Waals surface area contributed by atoms with Gasteiger partial charge in [0.2, 0.25) is 0 Å². The van der Waals surface area contributed by atoms with E-state index in [9.17, 15) is 9.59 Å². The topological polar surface area (TPSA) is 52.6 Å². The van der Waals surface area contributed by atoms with Gasteiger partial charge in [0.15, 0.2) is 11.5 Å². The SMILES string of the molecule is CCC1Oc2c(C)cccc2C2=C1C(=O)C(C)C(=O)O2. The molecule has 3 rings (SSSR count). The smallest absolute Gasteiger partial charge is 0.321 e. The molecule has 0 bridgehead atoms. The summed E-state index contributed by atoms with van der Waals surface area (Å²) in [5, 5.41) is 0. The van der Waals surface area contributed by atoms with Crippen LogP contribution in [0.5, 0.6) is 5.75 Å². The Morgan fingerprint density at radius 3 is 2.70 bits per heavy atom. The number of aryl methyl sites for hydroxylation is 1. The van der Waals surface area contributed by atoms with E-state index < -0.39 is 11.9 Å². The Hall–Kier alpha value is -2.10. The monoisotopic (exact) mass is 272 g/mol. The number of esters is 1. The van der Waals surface area contributed by atoms with E-state index in [-0.39, 0.29) is 11.9 Å². The van der Waals surface area contributed by atoms with Crippen molar-refractivity contribution in [2.45, 2.75) is 33.3 Å². The zero-order valence-corrected chi connectivity index (χ0v) is 11.7. The van der Waals surface area contributed by atoms with Gasteiger partial charge < -0.3 is 9.47 Å². The van der Waals surface area contributed by atoms with Crippen LogP contribution in [0.25, 0.3) is 5.76 Å². The van der Waals surface area contributed by atoms with Crippen LogP contribution in [0.15, 0.2) is 23.8 Å². The number of carbonyl (C=O) groups is 2. The van der Waals surface area contributed by atoms with Gasteiger partial charge in [-0.15, -0.1) is 0 Å². The summed E-state index contributed by atoms with van der Waals surface area (Å²) in [6.07, 6.45) is 0.310. The van der Waals surface area contributed by atoms with Gasteiger partial charge in [0, 0.05) is 0 Å². The molecule has 2 aliphatic rings. The number of ketones is 1. The molecule has 0 spiro atoms. The highest BCUT2D eigenvalue weighted by atomic mass is 16.5. The van der Waals surface area contributed by atoms with Crippen molar-refractivity contribution in [2.75, 3.05) is 0 Å². The van der Waals surface area contributed by atoms with Gasteiger partial charge in [-0.2, -0.15) is 0 Å². The quantitative estimate of drug-likeness (QED) is 0.582. The summed E-state index contributed by atoms with van der Waals surface area (Å²) < 4.78 is 11.4. The second kappa shape index (κ2) is 4.47. The van der Waals surface area contributed by atoms with Crippen molar-refractivity contribution < 1.29 is 19.1 Å². The first kappa shape index (κ1) is 12.9. The van der Waals surface area contributed by atoms with Crippen LogP contribution in [0, 0.1) is 12.8 Å². The third-order valence-corrected chi connectivity index (χ3v) is 3.87. The second-order valence-electron chi connectivity index (χ2n) is 5.22. The molecular weight excluding hydrogens is 256 g/mol. The minimum absolute atomic E-state index is 0.185. The number of para-hydroxylation sites is 1. The van der Waals surface area contributed by atoms with E-state index in [0.717, 1.165) is 5.56 Å². The first-order valence-corrected chi connectivity index (χ1v) is 6.81. The van der Waals surface area contributed by atoms with Crippen molar-refractivity contribution in [3.8, 4) is 5.75 Å². The fraction of sp³-hybridized carbons (Fsp3) is 0.375. The number of fused-ring (bicyclic) bond motifs is 2. The molecule has 0 saturated carbocycles. The van der Waals surface area contributed by atoms with Crippen molar-refractivity contribution in [3.63, 3.8) is 0 Å². The van der Waals surface area contributed by atoms with Crippen molar-refractivity contribution >= 4 is 17.5 Å². The molecule has 104 valence electrons. The zero-order chi connectivity index (χ0) is 14.4. The molecule has 2 atom stereocenters. The molecule has 0 N–H and O–H groups in total. The molecule has 0 fully saturated rings. The predicted molar refractivity (Wildman–Crippen MR) is 73.1 cm³/mol. The van der Waals surface area contributed by atoms with Crippen molar-refractivity contribution in [1.82, 2.24) is 0 Å². The number of hydrogen-bond donors (Lipinski definition) is 0. The Bertz CT molecular complexity index is 642. The van der Waals surface area contributed by atoms with Gasteiger partial charge >= 0.3 is 5.97 Å². The highest BCUT2D eigenvalue weighted by Crippen LogP contribution is 2.42. The molecular formula is C16H16O4. The van der Waals surface area contributed by atoms with Gasteiger partial charge in [-0.1, -0.05) is 19.1 Å². The molecule has 4 heteroatoms. The summed E-state index contributed by atoms with van der Waals surface area (Å²) in [5.41, 5.74) is 2.16. The second-order valence-corrected chi connectivity index (χ2v) is 5.22. The maximum absolute atomic E-state index is 12.4. The Morgan fingerprint density at radius 2 is 2.00 bits per heavy atom. The first-order chi connectivity index (χ1) is 9.54. The van der Waals surface area contributed by atoms with Crippen LogP contribution in [0.2, 0.25) is 0 Å². The van der Waals surface area contributed by atoms with Crippen molar-refractivity contribution in [1.29, 1.82) is 0 Å². The lowest BCUT2D eigenvalue weighted by molar-refractivity contribution is -0.146. The summed E-state index contributed by atoms with van der Waals surface area (Å²) in [4.78, 5) is 24.2. The summed E-state index contributed by atoms with van der Waals surface area (Å²) in [6.45, 7) is 5.46. The molecule has 4 nitrogen and oxygen atoms in total. The van der Waals surface area contributed by atoms with E-state index >= 15 is 0 Å². The minimum Gasteiger partial charge on any atom is -0.484 e. The predicted octanol–water partition coefficient (Wildman–Crippen LogP) is 2.64. The van der Waals surface area contributed by atoms with Crippen LogP contribution in [0.4, 0.5) is 0 Å². The van der Waals surface area contributed by atoms with Gasteiger partial charge in [0.05, 0.1) is 11.1 Å². The molecule has 1 aromatic rings. The normalized spacial score (nSPS) is 24.8. The summed E-state index contributed by atoms with van der Waals surface area (Å²) in [6, 6.07) is 5.62. The van der Waals surface area contributed by atoms with Crippen LogP contribution >= 0.6 is 0 Å². The van der Waals surface area contributed by atoms with Crippen LogP contribution in [0.3, 0.4) is 0 Å². The average molecular weight is 272 g/mol. The Kier molecular flexibility index (Phi) is 2.89. The van der Waals surface area contributed by atoms with Gasteiger partial charge in [0.25, 0.3) is 0 Å². The molecule has 0 radical (unpaired) electrons. The molecule has 2 unspecified atom stereocenters. The van der Waals surface area contributed by atoms with Crippen LogP contribution in [0.1, 0.15) is 31.4 Å². The van der Waals surface area contributed by atoms with E-state index in [2.05, 4.69) is 0 Å². The van der Waals surface area contributed by atoms with E-state index in [1.54, 1.807) is 6.92 Å². The summed E-state index contributed by atoms with van der Waals surface area (Å²) in [7, 11) is 0. The summed E-state index contributed by atoms with van der Waals surface area (Å²) in [5.74, 6) is -0.339. The molecule has 2 heterocycles. The molecule has 0 aromatic heterocycles. The third kappa shape index (κ3) is 1.68. The van der Waals surface area contributed by atoms with E-state index in [0.29, 0.717) is 29.1 Å². The van der Waals surface area contributed by atoms with Gasteiger partial charge in [0.1, 0.15) is 17.8 Å². The van der Waals surface area contributed by atoms with Crippen LogP contribution < -0.4 is 4.74 Å². The minimum atomic E-state index is -0.752. The number of ether oxygens (including phenoxy) is 2. The van der Waals surface area contributed by atoms with Gasteiger partial charge in [-0.05, 0) is 31.9 Å². The standard InChI is InChI=1S/C16H16O4/c1-4-11-12-13(17)9(3)16(18)20-15(12)10-7-5-6-8(2)14(10)19-11/h5-7,9,11H,4H2,1-3H3. The lowest BCUT2D eigenvalue weighted by atomic mass is 9.87. The number of benzene rings is 1. The highest BCUT2D eigenvalue weighted by molar-refractivity contribution is 6.16. The lowest BCUT2D eigenvalue weighted by Gasteiger charge is -2.33. The Balaban J connectivity index is 2.25. The highest BCUT2D eigenvalue weighted by Gasteiger charge is 2.42. The fourth-order valence-corrected chi connectivity index (χ4v) is 2.68. The number of Topliss-reactive ketones (excluding diaryl/α,β-unsaturated/α-hetero) is 1. The maximum atomic E-state index is 12.4. The van der Waals surface area contributed by atoms with E-state index in [1.807, 2.05) is 32.0 Å². The fourth-order valence-electron chi connectivity index (χ4n) is 2.68. The van der Waals surface area contributed by atoms with E-state index in [1.165, 1.54) is 0 Å². The number of rotatable bonds is 1. The largest absolute Gasteiger partial charge is 0.484 e. The maximum Gasteiger partial charge on any atom is 0.321 e. The molecule has 0 saturated heterocycles. The Morgan fingerprint density at radius 1 is 1.25 bits per heavy atom. The van der Waals surface area contributed by atoms with Gasteiger partial charge in [-0.25, -0.2) is 0 Å². The van der Waals surface area contributed by atoms with Crippen molar-refractivity contribution in [2.24, 2.45) is 5.92 Å². The molecule has 0 amide bonds.